The van der Waals surface area contributed by atoms with Crippen molar-refractivity contribution in [3.8, 4) is 0 Å². The van der Waals surface area contributed by atoms with Gasteiger partial charge in [-0.15, -0.1) is 0 Å². The van der Waals surface area contributed by atoms with Gasteiger partial charge in [-0.2, -0.15) is 5.10 Å². The molecule has 0 saturated carbocycles. The van der Waals surface area contributed by atoms with Crippen molar-refractivity contribution >= 4 is 10.9 Å². The van der Waals surface area contributed by atoms with Crippen LogP contribution >= 0.6 is 0 Å². The number of hydrogen-bond donors (Lipinski definition) is 0. The van der Waals surface area contributed by atoms with Crippen molar-refractivity contribution in [2.24, 2.45) is 0 Å². The molecule has 0 atom stereocenters. The van der Waals surface area contributed by atoms with Gasteiger partial charge in [0.2, 0.25) is 0 Å². The normalized spacial score (nSPS) is 11.0. The minimum atomic E-state index is 0.904. The van der Waals surface area contributed by atoms with E-state index in [4.69, 9.17) is 5.10 Å². The van der Waals surface area contributed by atoms with Crippen molar-refractivity contribution in [3.63, 3.8) is 0 Å². The molecule has 0 amide bonds. The monoisotopic (exact) mass is 312 g/mol. The second kappa shape index (κ2) is 6.71. The summed E-state index contributed by atoms with van der Waals surface area (Å²) in [4.78, 5) is 0. The van der Waals surface area contributed by atoms with Crippen LogP contribution in [0.2, 0.25) is 0 Å². The van der Waals surface area contributed by atoms with Crippen LogP contribution in [-0.4, -0.2) is 9.78 Å². The molecule has 24 heavy (non-hydrogen) atoms. The fourth-order valence-electron chi connectivity index (χ4n) is 3.17. The molecule has 0 aliphatic carbocycles. The Bertz CT molecular complexity index is 924. The van der Waals surface area contributed by atoms with Crippen LogP contribution in [0.1, 0.15) is 16.8 Å². The predicted molar refractivity (Wildman–Crippen MR) is 99.1 cm³/mol. The van der Waals surface area contributed by atoms with Crippen molar-refractivity contribution in [3.05, 3.63) is 102 Å². The third-order valence-corrected chi connectivity index (χ3v) is 4.42. The van der Waals surface area contributed by atoms with E-state index in [1.807, 2.05) is 0 Å². The summed E-state index contributed by atoms with van der Waals surface area (Å²) in [6, 6.07) is 29.7. The van der Waals surface area contributed by atoms with Crippen molar-refractivity contribution in [1.29, 1.82) is 0 Å². The van der Waals surface area contributed by atoms with Crippen LogP contribution in [0.25, 0.3) is 10.9 Å². The highest BCUT2D eigenvalue weighted by Gasteiger charge is 2.11. The molecule has 118 valence electrons. The topological polar surface area (TPSA) is 17.8 Å². The van der Waals surface area contributed by atoms with E-state index in [2.05, 4.69) is 89.6 Å². The van der Waals surface area contributed by atoms with Crippen LogP contribution in [0.5, 0.6) is 0 Å². The van der Waals surface area contributed by atoms with Gasteiger partial charge in [0, 0.05) is 18.4 Å². The van der Waals surface area contributed by atoms with Crippen molar-refractivity contribution in [2.45, 2.75) is 19.4 Å². The molecule has 1 heterocycles. The molecule has 2 nitrogen and oxygen atoms in total. The second-order valence-electron chi connectivity index (χ2n) is 6.08. The van der Waals surface area contributed by atoms with Gasteiger partial charge in [-0.1, -0.05) is 78.9 Å². The quantitative estimate of drug-likeness (QED) is 0.514. The Balaban J connectivity index is 1.67. The van der Waals surface area contributed by atoms with Crippen LogP contribution in [0.4, 0.5) is 0 Å². The molecular weight excluding hydrogens is 292 g/mol. The molecule has 0 aliphatic rings. The Hall–Kier alpha value is -2.87. The Kier molecular flexibility index (Phi) is 4.11. The maximum absolute atomic E-state index is 4.84. The lowest BCUT2D eigenvalue weighted by molar-refractivity contribution is 0.597. The highest BCUT2D eigenvalue weighted by atomic mass is 15.3. The van der Waals surface area contributed by atoms with Crippen LogP contribution in [-0.2, 0) is 19.4 Å². The first-order valence-electron chi connectivity index (χ1n) is 8.42. The minimum absolute atomic E-state index is 0.904. The average Bonchev–Trinajstić information content (AvgIpc) is 2.99. The van der Waals surface area contributed by atoms with E-state index < -0.39 is 0 Å². The summed E-state index contributed by atoms with van der Waals surface area (Å²) in [6.45, 7) is 0.904. The smallest absolute Gasteiger partial charge is 0.0926 e. The van der Waals surface area contributed by atoms with Gasteiger partial charge in [-0.25, -0.2) is 0 Å². The summed E-state index contributed by atoms with van der Waals surface area (Å²) in [5.41, 5.74) is 5.05. The molecule has 0 aliphatic heterocycles. The van der Waals surface area contributed by atoms with Crippen molar-refractivity contribution in [2.75, 3.05) is 0 Å². The number of fused-ring (bicyclic) bond motifs is 1. The summed E-state index contributed by atoms with van der Waals surface area (Å²) in [5, 5.41) is 6.10. The number of benzene rings is 3. The van der Waals surface area contributed by atoms with Crippen LogP contribution in [0.3, 0.4) is 0 Å². The first-order chi connectivity index (χ1) is 11.9. The zero-order valence-electron chi connectivity index (χ0n) is 13.6. The van der Waals surface area contributed by atoms with Gasteiger partial charge in [-0.3, -0.25) is 4.68 Å². The van der Waals surface area contributed by atoms with Crippen molar-refractivity contribution in [1.82, 2.24) is 9.78 Å². The largest absolute Gasteiger partial charge is 0.268 e. The third-order valence-electron chi connectivity index (χ3n) is 4.42. The van der Waals surface area contributed by atoms with Gasteiger partial charge >= 0.3 is 0 Å². The van der Waals surface area contributed by atoms with Gasteiger partial charge < -0.3 is 0 Å². The number of hydrogen-bond acceptors (Lipinski definition) is 1. The molecule has 1 aromatic heterocycles. The van der Waals surface area contributed by atoms with E-state index in [1.165, 1.54) is 22.2 Å². The summed E-state index contributed by atoms with van der Waals surface area (Å²) >= 11 is 0. The number of nitrogens with zero attached hydrogens (tertiary/aromatic N) is 2. The molecule has 0 N–H and O–H groups in total. The predicted octanol–water partition coefficient (Wildman–Crippen LogP) is 4.87. The Morgan fingerprint density at radius 1 is 0.667 bits per heavy atom. The van der Waals surface area contributed by atoms with Gasteiger partial charge in [0.25, 0.3) is 0 Å². The molecule has 0 spiro atoms. The molecule has 0 saturated heterocycles. The molecule has 4 aromatic rings. The minimum Gasteiger partial charge on any atom is -0.268 e. The lowest BCUT2D eigenvalue weighted by Crippen LogP contribution is -2.08. The average molecular weight is 312 g/mol. The standard InChI is InChI=1S/C22H20N2/c1-3-9-18(10-4-1)15-16-24-22(17-19-11-5-2-6-12-19)20-13-7-8-14-21(20)23-24/h1-14H,15-17H2. The van der Waals surface area contributed by atoms with Crippen LogP contribution < -0.4 is 0 Å². The molecular formula is C22H20N2. The van der Waals surface area contributed by atoms with Gasteiger partial charge in [0.05, 0.1) is 11.2 Å². The summed E-state index contributed by atoms with van der Waals surface area (Å²) in [5.74, 6) is 0. The van der Waals surface area contributed by atoms with E-state index in [9.17, 15) is 0 Å². The van der Waals surface area contributed by atoms with E-state index in [1.54, 1.807) is 0 Å². The van der Waals surface area contributed by atoms with E-state index in [-0.39, 0.29) is 0 Å². The third kappa shape index (κ3) is 3.09. The number of aromatic nitrogens is 2. The molecule has 0 bridgehead atoms. The zero-order valence-corrected chi connectivity index (χ0v) is 13.6. The molecule has 0 fully saturated rings. The van der Waals surface area contributed by atoms with E-state index in [0.717, 1.165) is 24.9 Å². The maximum Gasteiger partial charge on any atom is 0.0926 e. The van der Waals surface area contributed by atoms with Gasteiger partial charge in [0.15, 0.2) is 0 Å². The van der Waals surface area contributed by atoms with Gasteiger partial charge in [0.1, 0.15) is 0 Å². The lowest BCUT2D eigenvalue weighted by atomic mass is 10.1. The summed E-state index contributed by atoms with van der Waals surface area (Å²) < 4.78 is 2.19. The Morgan fingerprint density at radius 2 is 1.29 bits per heavy atom. The molecule has 3 aromatic carbocycles. The Labute approximate surface area is 142 Å². The van der Waals surface area contributed by atoms with E-state index >= 15 is 0 Å². The molecule has 4 rings (SSSR count). The molecule has 0 unspecified atom stereocenters. The van der Waals surface area contributed by atoms with Crippen LogP contribution in [0.15, 0.2) is 84.9 Å². The molecule has 2 heteroatoms. The number of rotatable bonds is 5. The summed E-state index contributed by atoms with van der Waals surface area (Å²) in [7, 11) is 0. The SMILES string of the molecule is c1ccc(CCn2nc3ccccc3c2Cc2ccccc2)cc1. The highest BCUT2D eigenvalue weighted by molar-refractivity contribution is 5.81. The fraction of sp³-hybridized carbons (Fsp3) is 0.136. The second-order valence-corrected chi connectivity index (χ2v) is 6.08. The maximum atomic E-state index is 4.84. The summed E-state index contributed by atoms with van der Waals surface area (Å²) in [6.07, 6.45) is 1.91. The highest BCUT2D eigenvalue weighted by Crippen LogP contribution is 2.21. The van der Waals surface area contributed by atoms with Crippen LogP contribution in [0, 0.1) is 0 Å². The first kappa shape index (κ1) is 14.7. The number of aryl methyl sites for hydroxylation is 2. The Morgan fingerprint density at radius 3 is 2.04 bits per heavy atom. The lowest BCUT2D eigenvalue weighted by Gasteiger charge is -2.08. The van der Waals surface area contributed by atoms with Crippen molar-refractivity contribution < 1.29 is 0 Å². The first-order valence-corrected chi connectivity index (χ1v) is 8.42. The van der Waals surface area contributed by atoms with E-state index in [0.29, 0.717) is 0 Å². The fourth-order valence-corrected chi connectivity index (χ4v) is 3.17. The van der Waals surface area contributed by atoms with Gasteiger partial charge in [-0.05, 0) is 23.6 Å². The molecule has 0 radical (unpaired) electrons. The zero-order chi connectivity index (χ0) is 16.2.